The number of carbonyl (C=O) groups is 1. The molecule has 6 heteroatoms. The van der Waals surface area contributed by atoms with Gasteiger partial charge in [0.2, 0.25) is 0 Å². The van der Waals surface area contributed by atoms with Crippen LogP contribution in [-0.2, 0) is 0 Å². The van der Waals surface area contributed by atoms with E-state index in [9.17, 15) is 10.2 Å². The van der Waals surface area contributed by atoms with Gasteiger partial charge in [-0.3, -0.25) is 14.6 Å². The van der Waals surface area contributed by atoms with E-state index in [0.717, 1.165) is 92.0 Å². The van der Waals surface area contributed by atoms with Crippen molar-refractivity contribution in [1.82, 2.24) is 9.80 Å². The number of nitrogens with zero attached hydrogens (tertiary/aromatic N) is 2. The summed E-state index contributed by atoms with van der Waals surface area (Å²) in [5, 5.41) is 25.2. The quantitative estimate of drug-likeness (QED) is 0.137. The van der Waals surface area contributed by atoms with E-state index in [0.29, 0.717) is 13.0 Å². The van der Waals surface area contributed by atoms with Crippen molar-refractivity contribution in [1.29, 1.82) is 0 Å². The molecule has 3 saturated carbocycles. The van der Waals surface area contributed by atoms with Gasteiger partial charge in [0, 0.05) is 65.1 Å². The Labute approximate surface area is 349 Å². The Balaban J connectivity index is 0.970. The predicted molar refractivity (Wildman–Crippen MR) is 233 cm³/mol. The lowest BCUT2D eigenvalue weighted by Crippen LogP contribution is -2.67. The lowest BCUT2D eigenvalue weighted by Gasteiger charge is -2.71. The number of aliphatic hydroxyl groups excluding tert-OH is 1. The molecule has 11 rings (SSSR count). The van der Waals surface area contributed by atoms with Crippen molar-refractivity contribution in [3.05, 3.63) is 155 Å². The summed E-state index contributed by atoms with van der Waals surface area (Å²) in [7, 11) is 0. The second-order valence-corrected chi connectivity index (χ2v) is 19.7. The third-order valence-corrected chi connectivity index (χ3v) is 17.0. The van der Waals surface area contributed by atoms with Gasteiger partial charge in [-0.1, -0.05) is 141 Å². The van der Waals surface area contributed by atoms with Crippen LogP contribution in [0.1, 0.15) is 86.3 Å². The Morgan fingerprint density at radius 1 is 0.741 bits per heavy atom. The van der Waals surface area contributed by atoms with Crippen LogP contribution >= 0.6 is 11.6 Å². The molecule has 4 fully saturated rings. The van der Waals surface area contributed by atoms with Gasteiger partial charge in [0.1, 0.15) is 0 Å². The van der Waals surface area contributed by atoms with E-state index >= 15 is 4.79 Å². The number of fused-ring (bicyclic) bond motifs is 1. The summed E-state index contributed by atoms with van der Waals surface area (Å²) in [5.41, 5.74) is 4.01. The van der Waals surface area contributed by atoms with Gasteiger partial charge in [-0.25, -0.2) is 0 Å². The Morgan fingerprint density at radius 3 is 2.10 bits per heavy atom. The van der Waals surface area contributed by atoms with Crippen molar-refractivity contribution in [2.45, 2.75) is 76.5 Å². The molecule has 9 atom stereocenters. The number of ketones is 1. The van der Waals surface area contributed by atoms with E-state index in [-0.39, 0.29) is 46.0 Å². The lowest BCUT2D eigenvalue weighted by molar-refractivity contribution is -0.177. The summed E-state index contributed by atoms with van der Waals surface area (Å²) in [6, 6.07) is 37.6. The van der Waals surface area contributed by atoms with Gasteiger partial charge in [0.05, 0.1) is 17.7 Å². The molecular weight excluding hydrogens is 736 g/mol. The summed E-state index contributed by atoms with van der Waals surface area (Å²) < 4.78 is 0. The third-order valence-electron chi connectivity index (χ3n) is 16.8. The molecule has 0 radical (unpaired) electrons. The van der Waals surface area contributed by atoms with Gasteiger partial charge < -0.3 is 10.2 Å². The predicted octanol–water partition coefficient (Wildman–Crippen LogP) is 10.2. The van der Waals surface area contributed by atoms with Gasteiger partial charge in [-0.2, -0.15) is 0 Å². The van der Waals surface area contributed by atoms with Crippen molar-refractivity contribution in [2.24, 2.45) is 33.5 Å². The highest BCUT2D eigenvalue weighted by Crippen LogP contribution is 2.78. The van der Waals surface area contributed by atoms with Crippen molar-refractivity contribution in [3.63, 3.8) is 0 Å². The van der Waals surface area contributed by atoms with Crippen LogP contribution in [0.15, 0.2) is 133 Å². The van der Waals surface area contributed by atoms with Crippen LogP contribution in [-0.4, -0.2) is 70.2 Å². The lowest BCUT2D eigenvalue weighted by atomic mass is 9.32. The number of β-amino-alcohol motifs (C(OH)–C–C–N with tert-alkyl or cyclic N) is 1. The zero-order valence-corrected chi connectivity index (χ0v) is 34.8. The number of allylic oxidation sites excluding steroid dienone is 4. The zero-order valence-electron chi connectivity index (χ0n) is 34.0. The maximum Gasteiger partial charge on any atom is 0.190 e. The van der Waals surface area contributed by atoms with Crippen LogP contribution in [0, 0.1) is 33.5 Å². The fourth-order valence-electron chi connectivity index (χ4n) is 13.7. The van der Waals surface area contributed by atoms with Gasteiger partial charge in [-0.15, -0.1) is 0 Å². The maximum atomic E-state index is 15.5. The van der Waals surface area contributed by atoms with E-state index in [1.807, 2.05) is 48.5 Å². The molecule has 1 aliphatic heterocycles. The normalized spacial score (nSPS) is 36.1. The van der Waals surface area contributed by atoms with Crippen LogP contribution < -0.4 is 0 Å². The number of Topliss-reactive ketones (excluding diaryl/α,β-unsaturated/α-hetero) is 1. The smallest absolute Gasteiger partial charge is 0.190 e. The molecule has 1 saturated heterocycles. The summed E-state index contributed by atoms with van der Waals surface area (Å²) in [4.78, 5) is 20.6. The molecular formula is C52H57ClN2O3. The monoisotopic (exact) mass is 792 g/mol. The molecule has 2 bridgehead atoms. The number of carbonyl (C=O) groups excluding carboxylic acids is 1. The number of rotatable bonds is 8. The first kappa shape index (κ1) is 38.4. The molecule has 2 N–H and O–H groups in total. The fraction of sp³-hybridized carbons (Fsp3) is 0.442. The number of benzene rings is 4. The summed E-state index contributed by atoms with van der Waals surface area (Å²) in [5.74, 6) is 0.492. The van der Waals surface area contributed by atoms with Crippen LogP contribution in [0.2, 0.25) is 5.02 Å². The molecule has 0 amide bonds. The van der Waals surface area contributed by atoms with E-state index < -0.39 is 11.0 Å². The second-order valence-electron chi connectivity index (χ2n) is 19.2. The first-order chi connectivity index (χ1) is 28.0. The number of halogens is 1. The highest BCUT2D eigenvalue weighted by Gasteiger charge is 2.74. The summed E-state index contributed by atoms with van der Waals surface area (Å²) in [6.45, 7) is 9.06. The minimum atomic E-state index is -0.881. The molecule has 58 heavy (non-hydrogen) atoms. The van der Waals surface area contributed by atoms with E-state index in [1.165, 1.54) is 11.1 Å². The largest absolute Gasteiger partial charge is 0.393 e. The molecule has 1 heterocycles. The van der Waals surface area contributed by atoms with Crippen LogP contribution in [0.25, 0.3) is 11.1 Å². The number of hydrogen-bond donors (Lipinski definition) is 2. The minimum absolute atomic E-state index is 0.0680. The molecule has 5 nitrogen and oxygen atoms in total. The van der Waals surface area contributed by atoms with E-state index in [2.05, 4.69) is 103 Å². The van der Waals surface area contributed by atoms with Crippen molar-refractivity contribution in [3.8, 4) is 11.1 Å². The Bertz CT molecular complexity index is 2250. The number of aliphatic hydroxyl groups is 2. The van der Waals surface area contributed by atoms with Crippen LogP contribution in [0.5, 0.6) is 0 Å². The van der Waals surface area contributed by atoms with E-state index in [1.54, 1.807) is 0 Å². The van der Waals surface area contributed by atoms with Crippen molar-refractivity contribution >= 4 is 17.4 Å². The zero-order chi connectivity index (χ0) is 39.9. The average Bonchev–Trinajstić information content (AvgIpc) is 3.52. The van der Waals surface area contributed by atoms with Gasteiger partial charge >= 0.3 is 0 Å². The molecule has 7 aliphatic rings. The molecule has 300 valence electrons. The number of piperazine rings is 1. The first-order valence-corrected chi connectivity index (χ1v) is 22.2. The molecule has 4 aromatic carbocycles. The van der Waals surface area contributed by atoms with Crippen molar-refractivity contribution in [2.75, 3.05) is 32.7 Å². The SMILES string of the molecule is C[C@]12CC[C@H]3[C@]4(C=C[C@@]5(C=C4C(=O)c4ccccc4-c4ccccc4)CC(O)CC[C@]35C)[C@@H]1CC[C@@]2(O)CN1CCN(C(c2ccccc2)c2ccc(Cl)cc2)CC1. The van der Waals surface area contributed by atoms with E-state index in [4.69, 9.17) is 11.6 Å². The molecule has 2 spiro atoms. The Kier molecular flexibility index (Phi) is 9.35. The topological polar surface area (TPSA) is 64.0 Å². The number of hydrogen-bond acceptors (Lipinski definition) is 5. The molecule has 4 aromatic rings. The standard InChI is InChI=1S/C52H57ClN2O3/c1-48-24-21-40(56)33-50(48)27-28-52(43(34-50)47(57)42-16-10-9-15-41(42)36-11-5-3-6-12-36)44(48)22-25-49(2)45(52)23-26-51(49,58)35-54-29-31-55(32-30-54)46(37-13-7-4-8-14-37)38-17-19-39(53)20-18-38/h3-20,27-28,34,40,44-46,56,58H,21-26,29-33,35H2,1-2H3/t40?,44-,45-,46?,48-,49+,50+,51-,52-/m1/s1. The van der Waals surface area contributed by atoms with Crippen LogP contribution in [0.4, 0.5) is 0 Å². The summed E-state index contributed by atoms with van der Waals surface area (Å²) >= 11 is 6.33. The van der Waals surface area contributed by atoms with Gasteiger partial charge in [0.25, 0.3) is 0 Å². The average molecular weight is 793 g/mol. The Morgan fingerprint density at radius 2 is 1.36 bits per heavy atom. The van der Waals surface area contributed by atoms with Crippen LogP contribution in [0.3, 0.4) is 0 Å². The fourth-order valence-corrected chi connectivity index (χ4v) is 13.9. The molecule has 6 aliphatic carbocycles. The highest BCUT2D eigenvalue weighted by molar-refractivity contribution is 6.30. The second kappa shape index (κ2) is 14.1. The van der Waals surface area contributed by atoms with Gasteiger partial charge in [0.15, 0.2) is 5.78 Å². The van der Waals surface area contributed by atoms with Gasteiger partial charge in [-0.05, 0) is 96.6 Å². The maximum absolute atomic E-state index is 15.5. The minimum Gasteiger partial charge on any atom is -0.393 e. The highest BCUT2D eigenvalue weighted by atomic mass is 35.5. The first-order valence-electron chi connectivity index (χ1n) is 21.8. The summed E-state index contributed by atoms with van der Waals surface area (Å²) in [6.07, 6.45) is 12.8. The van der Waals surface area contributed by atoms with Crippen molar-refractivity contribution < 1.29 is 15.0 Å². The Hall–Kier alpha value is -3.84. The molecule has 2 unspecified atom stereocenters. The molecule has 0 aromatic heterocycles. The third kappa shape index (κ3) is 5.67.